The number of carbonyl (C=O) groups is 1. The molecular formula is C23H20N4O2S2. The molecule has 31 heavy (non-hydrogen) atoms. The van der Waals surface area contributed by atoms with E-state index in [-0.39, 0.29) is 11.5 Å². The van der Waals surface area contributed by atoms with E-state index >= 15 is 0 Å². The number of anilines is 2. The molecule has 3 aromatic rings. The maximum atomic E-state index is 13.4. The molecule has 3 heterocycles. The molecule has 2 aliphatic rings. The highest BCUT2D eigenvalue weighted by molar-refractivity contribution is 8.08. The van der Waals surface area contributed by atoms with Gasteiger partial charge in [0.2, 0.25) is 0 Å². The molecule has 6 nitrogen and oxygen atoms in total. The molecule has 0 unspecified atom stereocenters. The van der Waals surface area contributed by atoms with Crippen molar-refractivity contribution in [2.45, 2.75) is 25.3 Å². The molecule has 0 spiro atoms. The number of hydrogen-bond acceptors (Lipinski definition) is 6. The van der Waals surface area contributed by atoms with Crippen LogP contribution in [-0.4, -0.2) is 23.2 Å². The van der Waals surface area contributed by atoms with Gasteiger partial charge in [0.15, 0.2) is 0 Å². The molecule has 5 rings (SSSR count). The summed E-state index contributed by atoms with van der Waals surface area (Å²) >= 11 is 2.96. The molecule has 0 saturated heterocycles. The molecule has 0 N–H and O–H groups in total. The Balaban J connectivity index is 1.73. The Kier molecular flexibility index (Phi) is 4.83. The molecule has 2 aromatic carbocycles. The smallest absolute Gasteiger partial charge is 0.283 e. The van der Waals surface area contributed by atoms with Crippen LogP contribution in [0.25, 0.3) is 10.6 Å². The third-order valence-electron chi connectivity index (χ3n) is 5.36. The molecule has 0 aliphatic carbocycles. The zero-order valence-electron chi connectivity index (χ0n) is 17.3. The van der Waals surface area contributed by atoms with E-state index in [0.717, 1.165) is 15.6 Å². The summed E-state index contributed by atoms with van der Waals surface area (Å²) in [6, 6.07) is 17.4. The van der Waals surface area contributed by atoms with Crippen molar-refractivity contribution in [1.29, 1.82) is 0 Å². The van der Waals surface area contributed by atoms with Gasteiger partial charge in [-0.15, -0.1) is 11.3 Å². The molecule has 0 bridgehead atoms. The van der Waals surface area contributed by atoms with E-state index in [4.69, 9.17) is 0 Å². The van der Waals surface area contributed by atoms with Crippen molar-refractivity contribution in [3.63, 3.8) is 0 Å². The number of nitrogens with zero attached hydrogens (tertiary/aromatic N) is 4. The van der Waals surface area contributed by atoms with Gasteiger partial charge >= 0.3 is 0 Å². The Bertz CT molecular complexity index is 1420. The molecular weight excluding hydrogens is 428 g/mol. The summed E-state index contributed by atoms with van der Waals surface area (Å²) in [5.41, 5.74) is 2.82. The molecule has 1 amide bonds. The van der Waals surface area contributed by atoms with Gasteiger partial charge in [-0.25, -0.2) is 0 Å². The minimum atomic E-state index is -0.209. The van der Waals surface area contributed by atoms with Gasteiger partial charge < -0.3 is 4.90 Å². The van der Waals surface area contributed by atoms with E-state index in [2.05, 4.69) is 16.1 Å². The van der Waals surface area contributed by atoms with Gasteiger partial charge in [0.05, 0.1) is 22.7 Å². The summed E-state index contributed by atoms with van der Waals surface area (Å²) in [6.07, 6.45) is 0. The normalized spacial score (nSPS) is 19.2. The maximum absolute atomic E-state index is 13.4. The van der Waals surface area contributed by atoms with Crippen LogP contribution in [0.2, 0.25) is 0 Å². The summed E-state index contributed by atoms with van der Waals surface area (Å²) in [7, 11) is 1.97. The van der Waals surface area contributed by atoms with Crippen molar-refractivity contribution in [3.8, 4) is 0 Å². The molecule has 0 radical (unpaired) electrons. The average Bonchev–Trinajstić information content (AvgIpc) is 3.39. The average molecular weight is 449 g/mol. The largest absolute Gasteiger partial charge is 0.337 e. The summed E-state index contributed by atoms with van der Waals surface area (Å²) in [5.74, 6) is -0.209. The first kappa shape index (κ1) is 19.8. The summed E-state index contributed by atoms with van der Waals surface area (Å²) in [5, 5.41) is 6.79. The third kappa shape index (κ3) is 3.05. The lowest BCUT2D eigenvalue weighted by Gasteiger charge is -2.11. The highest BCUT2D eigenvalue weighted by Crippen LogP contribution is 2.44. The van der Waals surface area contributed by atoms with E-state index in [1.807, 2.05) is 69.4 Å². The highest BCUT2D eigenvalue weighted by atomic mass is 32.2. The zero-order chi connectivity index (χ0) is 21.7. The lowest BCUT2D eigenvalue weighted by molar-refractivity contribution is -0.112. The van der Waals surface area contributed by atoms with Crippen LogP contribution < -0.4 is 24.7 Å². The predicted octanol–water partition coefficient (Wildman–Crippen LogP) is 2.81. The van der Waals surface area contributed by atoms with Crippen LogP contribution in [0.5, 0.6) is 0 Å². The first-order valence-corrected chi connectivity index (χ1v) is 11.6. The second-order valence-electron chi connectivity index (χ2n) is 7.23. The third-order valence-corrected chi connectivity index (χ3v) is 7.92. The first-order chi connectivity index (χ1) is 15.0. The van der Waals surface area contributed by atoms with Crippen molar-refractivity contribution in [3.05, 3.63) is 74.1 Å². The highest BCUT2D eigenvalue weighted by Gasteiger charge is 2.32. The summed E-state index contributed by atoms with van der Waals surface area (Å²) in [4.78, 5) is 29.8. The molecule has 0 fully saturated rings. The zero-order valence-corrected chi connectivity index (χ0v) is 19.0. The predicted molar refractivity (Wildman–Crippen MR) is 128 cm³/mol. The fraction of sp³-hybridized carbons (Fsp3) is 0.174. The van der Waals surface area contributed by atoms with Crippen molar-refractivity contribution >= 4 is 56.7 Å². The van der Waals surface area contributed by atoms with E-state index in [1.165, 1.54) is 16.3 Å². The fourth-order valence-electron chi connectivity index (χ4n) is 3.82. The lowest BCUT2D eigenvalue weighted by atomic mass is 10.2. The standard InChI is InChI=1S/C23H20N4O2S2/c1-4-26-21(29)19(23-25(3)16-12-8-9-13-17(16)30-23)31-22(26)18-14(2)24-27(20(18)28)15-10-6-5-7-11-15/h5-13H,4H2,1-3H3. The Morgan fingerprint density at radius 2 is 1.71 bits per heavy atom. The minimum absolute atomic E-state index is 0.0732. The minimum Gasteiger partial charge on any atom is -0.337 e. The van der Waals surface area contributed by atoms with Gasteiger partial charge in [0.1, 0.15) is 14.2 Å². The van der Waals surface area contributed by atoms with Gasteiger partial charge in [-0.1, -0.05) is 42.1 Å². The van der Waals surface area contributed by atoms with Crippen LogP contribution in [0.4, 0.5) is 11.4 Å². The number of benzene rings is 2. The maximum Gasteiger partial charge on any atom is 0.283 e. The molecule has 2 aliphatic heterocycles. The van der Waals surface area contributed by atoms with Crippen LogP contribution in [0, 0.1) is 0 Å². The Morgan fingerprint density at radius 1 is 1.00 bits per heavy atom. The number of para-hydroxylation sites is 2. The van der Waals surface area contributed by atoms with Crippen molar-refractivity contribution in [2.75, 3.05) is 17.0 Å². The number of hydrazone groups is 1. The molecule has 8 heteroatoms. The number of hydrogen-bond donors (Lipinski definition) is 0. The van der Waals surface area contributed by atoms with E-state index in [0.29, 0.717) is 32.7 Å². The monoisotopic (exact) mass is 448 g/mol. The van der Waals surface area contributed by atoms with E-state index in [9.17, 15) is 9.59 Å². The summed E-state index contributed by atoms with van der Waals surface area (Å²) < 4.78 is 2.99. The Hall–Kier alpha value is -3.10. The number of thioether (sulfide) groups is 1. The lowest BCUT2D eigenvalue weighted by Crippen LogP contribution is -2.35. The number of aromatic nitrogens is 1. The van der Waals surface area contributed by atoms with Crippen LogP contribution >= 0.6 is 23.1 Å². The first-order valence-electron chi connectivity index (χ1n) is 9.95. The number of thiazole rings is 1. The van der Waals surface area contributed by atoms with Crippen molar-refractivity contribution in [1.82, 2.24) is 4.57 Å². The van der Waals surface area contributed by atoms with Gasteiger partial charge in [0, 0.05) is 18.5 Å². The van der Waals surface area contributed by atoms with Gasteiger partial charge in [-0.3, -0.25) is 14.2 Å². The number of fused-ring (bicyclic) bond motifs is 1. The second-order valence-corrected chi connectivity index (χ2v) is 9.26. The summed E-state index contributed by atoms with van der Waals surface area (Å²) in [6.45, 7) is 4.22. The van der Waals surface area contributed by atoms with Crippen LogP contribution in [0.1, 0.15) is 13.8 Å². The van der Waals surface area contributed by atoms with Crippen molar-refractivity contribution < 1.29 is 4.79 Å². The molecule has 1 aromatic heterocycles. The van der Waals surface area contributed by atoms with Crippen LogP contribution in [0.15, 0.2) is 69.4 Å². The van der Waals surface area contributed by atoms with Gasteiger partial charge in [-0.05, 0) is 38.1 Å². The molecule has 0 saturated carbocycles. The van der Waals surface area contributed by atoms with Crippen LogP contribution in [0.3, 0.4) is 0 Å². The fourth-order valence-corrected chi connectivity index (χ4v) is 6.42. The molecule has 0 atom stereocenters. The Labute approximate surface area is 187 Å². The van der Waals surface area contributed by atoms with Gasteiger partial charge in [-0.2, -0.15) is 10.1 Å². The number of carbonyl (C=O) groups excluding carboxylic acids is 1. The Morgan fingerprint density at radius 3 is 2.42 bits per heavy atom. The van der Waals surface area contributed by atoms with Crippen LogP contribution in [-0.2, 0) is 11.3 Å². The van der Waals surface area contributed by atoms with Gasteiger partial charge in [0.25, 0.3) is 11.5 Å². The quantitative estimate of drug-likeness (QED) is 0.605. The topological polar surface area (TPSA) is 57.9 Å². The van der Waals surface area contributed by atoms with Crippen molar-refractivity contribution in [2.24, 2.45) is 5.10 Å². The second kappa shape index (κ2) is 7.55. The number of rotatable bonds is 2. The number of amides is 1. The van der Waals surface area contributed by atoms with E-state index in [1.54, 1.807) is 16.3 Å². The SMILES string of the molecule is CCn1c(=C2C(=O)N(c3ccccc3)N=C2C)sc(=C2Sc3ccccc3N2C)c1=O. The molecule has 156 valence electrons. The van der Waals surface area contributed by atoms with E-state index < -0.39 is 0 Å².